The van der Waals surface area contributed by atoms with Gasteiger partial charge in [-0.2, -0.15) is 5.10 Å². The lowest BCUT2D eigenvalue weighted by atomic mass is 10.1. The molecule has 2 aliphatic rings. The van der Waals surface area contributed by atoms with Crippen molar-refractivity contribution in [2.24, 2.45) is 7.05 Å². The molecule has 23 heavy (non-hydrogen) atoms. The topological polar surface area (TPSA) is 61.6 Å². The Morgan fingerprint density at radius 2 is 1.91 bits per heavy atom. The van der Waals surface area contributed by atoms with E-state index in [2.05, 4.69) is 10.00 Å². The summed E-state index contributed by atoms with van der Waals surface area (Å²) in [5.41, 5.74) is 3.08. The van der Waals surface area contributed by atoms with Crippen LogP contribution in [0.4, 0.5) is 0 Å². The first-order chi connectivity index (χ1) is 11.0. The molecular weight excluding hydrogens is 292 g/mol. The third kappa shape index (κ3) is 3.28. The molecule has 1 amide bonds. The summed E-state index contributed by atoms with van der Waals surface area (Å²) in [6.45, 7) is 7.26. The Kier molecular flexibility index (Phi) is 4.73. The van der Waals surface area contributed by atoms with Crippen molar-refractivity contribution in [3.05, 3.63) is 17.0 Å². The van der Waals surface area contributed by atoms with Crippen molar-refractivity contribution in [3.8, 4) is 0 Å². The van der Waals surface area contributed by atoms with Gasteiger partial charge in [-0.3, -0.25) is 14.4 Å². The second-order valence-corrected chi connectivity index (χ2v) is 6.93. The molecule has 1 aromatic heterocycles. The van der Waals surface area contributed by atoms with E-state index in [9.17, 15) is 9.90 Å². The van der Waals surface area contributed by atoms with Gasteiger partial charge in [0.1, 0.15) is 0 Å². The molecule has 1 aliphatic carbocycles. The van der Waals surface area contributed by atoms with Crippen LogP contribution in [0.2, 0.25) is 0 Å². The molecule has 1 aliphatic heterocycles. The number of piperazine rings is 1. The van der Waals surface area contributed by atoms with Crippen LogP contribution in [0.25, 0.3) is 0 Å². The van der Waals surface area contributed by atoms with E-state index in [1.807, 2.05) is 30.5 Å². The highest BCUT2D eigenvalue weighted by molar-refractivity contribution is 5.79. The van der Waals surface area contributed by atoms with E-state index in [1.54, 1.807) is 0 Å². The fourth-order valence-electron chi connectivity index (χ4n) is 3.99. The van der Waals surface area contributed by atoms with Crippen molar-refractivity contribution in [3.63, 3.8) is 0 Å². The minimum Gasteiger partial charge on any atom is -0.391 e. The monoisotopic (exact) mass is 320 g/mol. The molecule has 0 radical (unpaired) electrons. The van der Waals surface area contributed by atoms with Gasteiger partial charge in [-0.05, 0) is 33.1 Å². The first kappa shape index (κ1) is 16.5. The molecule has 1 N–H and O–H groups in total. The van der Waals surface area contributed by atoms with Gasteiger partial charge in [0.25, 0.3) is 0 Å². The van der Waals surface area contributed by atoms with Crippen molar-refractivity contribution in [2.75, 3.05) is 26.2 Å². The number of aliphatic hydroxyl groups is 1. The SMILES string of the molecule is Cc1nn(C)c(C)c1CC(=O)N1CCN([C@H]2CCC[C@@H]2O)CC1. The van der Waals surface area contributed by atoms with Gasteiger partial charge in [0.15, 0.2) is 0 Å². The molecule has 6 heteroatoms. The van der Waals surface area contributed by atoms with Gasteiger partial charge in [-0.25, -0.2) is 0 Å². The molecule has 1 saturated heterocycles. The van der Waals surface area contributed by atoms with Crippen LogP contribution in [0.15, 0.2) is 0 Å². The fraction of sp³-hybridized carbons (Fsp3) is 0.765. The molecule has 1 saturated carbocycles. The molecule has 0 bridgehead atoms. The second-order valence-electron chi connectivity index (χ2n) is 6.93. The second kappa shape index (κ2) is 6.61. The van der Waals surface area contributed by atoms with Crippen LogP contribution in [0.1, 0.15) is 36.2 Å². The van der Waals surface area contributed by atoms with Crippen molar-refractivity contribution < 1.29 is 9.90 Å². The quantitative estimate of drug-likeness (QED) is 0.888. The smallest absolute Gasteiger partial charge is 0.227 e. The van der Waals surface area contributed by atoms with Crippen molar-refractivity contribution in [1.82, 2.24) is 19.6 Å². The van der Waals surface area contributed by atoms with E-state index < -0.39 is 0 Å². The zero-order valence-electron chi connectivity index (χ0n) is 14.5. The van der Waals surface area contributed by atoms with Gasteiger partial charge in [-0.15, -0.1) is 0 Å². The summed E-state index contributed by atoms with van der Waals surface area (Å²) in [6, 6.07) is 0.301. The molecule has 2 fully saturated rings. The zero-order chi connectivity index (χ0) is 16.6. The van der Waals surface area contributed by atoms with Crippen LogP contribution in [-0.2, 0) is 18.3 Å². The van der Waals surface area contributed by atoms with Crippen LogP contribution in [-0.4, -0.2) is 68.9 Å². The molecular formula is C17H28N4O2. The molecule has 128 valence electrons. The highest BCUT2D eigenvalue weighted by Crippen LogP contribution is 2.25. The number of carbonyl (C=O) groups excluding carboxylic acids is 1. The number of carbonyl (C=O) groups is 1. The van der Waals surface area contributed by atoms with Gasteiger partial charge in [-0.1, -0.05) is 0 Å². The normalized spacial score (nSPS) is 26.0. The molecule has 0 aromatic carbocycles. The number of hydrogen-bond donors (Lipinski definition) is 1. The first-order valence-electron chi connectivity index (χ1n) is 8.66. The Bertz CT molecular complexity index is 575. The van der Waals surface area contributed by atoms with Gasteiger partial charge in [0.05, 0.1) is 18.2 Å². The zero-order valence-corrected chi connectivity index (χ0v) is 14.5. The highest BCUT2D eigenvalue weighted by Gasteiger charge is 2.33. The average molecular weight is 320 g/mol. The van der Waals surface area contributed by atoms with Crippen LogP contribution >= 0.6 is 0 Å². The van der Waals surface area contributed by atoms with Crippen molar-refractivity contribution in [2.45, 2.75) is 51.7 Å². The molecule has 2 heterocycles. The summed E-state index contributed by atoms with van der Waals surface area (Å²) >= 11 is 0. The Morgan fingerprint density at radius 3 is 2.43 bits per heavy atom. The number of aryl methyl sites for hydroxylation is 2. The van der Waals surface area contributed by atoms with Crippen LogP contribution < -0.4 is 0 Å². The summed E-state index contributed by atoms with van der Waals surface area (Å²) in [5, 5.41) is 14.4. The third-order valence-corrected chi connectivity index (χ3v) is 5.57. The van der Waals surface area contributed by atoms with Crippen molar-refractivity contribution >= 4 is 5.91 Å². The van der Waals surface area contributed by atoms with E-state index in [0.29, 0.717) is 12.5 Å². The van der Waals surface area contributed by atoms with Crippen LogP contribution in [0, 0.1) is 13.8 Å². The largest absolute Gasteiger partial charge is 0.391 e. The Morgan fingerprint density at radius 1 is 1.22 bits per heavy atom. The predicted octanol–water partition coefficient (Wildman–Crippen LogP) is 0.637. The van der Waals surface area contributed by atoms with Crippen LogP contribution in [0.3, 0.4) is 0 Å². The molecule has 0 spiro atoms. The average Bonchev–Trinajstić information content (AvgIpc) is 3.06. The molecule has 2 atom stereocenters. The van der Waals surface area contributed by atoms with Crippen LogP contribution in [0.5, 0.6) is 0 Å². The molecule has 3 rings (SSSR count). The van der Waals surface area contributed by atoms with E-state index in [4.69, 9.17) is 0 Å². The number of aromatic nitrogens is 2. The molecule has 6 nitrogen and oxygen atoms in total. The highest BCUT2D eigenvalue weighted by atomic mass is 16.3. The minimum atomic E-state index is -0.182. The van der Waals surface area contributed by atoms with E-state index >= 15 is 0 Å². The first-order valence-corrected chi connectivity index (χ1v) is 8.66. The minimum absolute atomic E-state index is 0.182. The maximum Gasteiger partial charge on any atom is 0.227 e. The van der Waals surface area contributed by atoms with Gasteiger partial charge >= 0.3 is 0 Å². The number of aliphatic hydroxyl groups excluding tert-OH is 1. The van der Waals surface area contributed by atoms with E-state index in [1.165, 1.54) is 0 Å². The summed E-state index contributed by atoms with van der Waals surface area (Å²) in [4.78, 5) is 16.9. The lowest BCUT2D eigenvalue weighted by Crippen LogP contribution is -2.53. The number of rotatable bonds is 3. The predicted molar refractivity (Wildman–Crippen MR) is 88.2 cm³/mol. The Labute approximate surface area is 138 Å². The number of hydrogen-bond acceptors (Lipinski definition) is 4. The maximum atomic E-state index is 12.6. The van der Waals surface area contributed by atoms with E-state index in [-0.39, 0.29) is 12.0 Å². The van der Waals surface area contributed by atoms with Gasteiger partial charge in [0, 0.05) is 50.5 Å². The summed E-state index contributed by atoms with van der Waals surface area (Å²) in [6.07, 6.45) is 3.38. The standard InChI is InChI=1S/C17H28N4O2/c1-12-14(13(2)19(3)18-12)11-17(23)21-9-7-20(8-10-21)15-5-4-6-16(15)22/h15-16,22H,4-11H2,1-3H3/t15-,16-/m0/s1. The Hall–Kier alpha value is -1.40. The lowest BCUT2D eigenvalue weighted by molar-refractivity contribution is -0.132. The Balaban J connectivity index is 1.56. The molecule has 1 aromatic rings. The fourth-order valence-corrected chi connectivity index (χ4v) is 3.99. The van der Waals surface area contributed by atoms with E-state index in [0.717, 1.165) is 62.4 Å². The van der Waals surface area contributed by atoms with Gasteiger partial charge < -0.3 is 10.0 Å². The van der Waals surface area contributed by atoms with Crippen molar-refractivity contribution in [1.29, 1.82) is 0 Å². The van der Waals surface area contributed by atoms with Gasteiger partial charge in [0.2, 0.25) is 5.91 Å². The number of nitrogens with zero attached hydrogens (tertiary/aromatic N) is 4. The summed E-state index contributed by atoms with van der Waals surface area (Å²) < 4.78 is 1.84. The lowest BCUT2D eigenvalue weighted by Gasteiger charge is -2.39. The summed E-state index contributed by atoms with van der Waals surface area (Å²) in [7, 11) is 1.92. The third-order valence-electron chi connectivity index (χ3n) is 5.57. The molecule has 0 unspecified atom stereocenters. The summed E-state index contributed by atoms with van der Waals surface area (Å²) in [5.74, 6) is 0.191. The maximum absolute atomic E-state index is 12.6. The number of amides is 1.